The fourth-order valence-electron chi connectivity index (χ4n) is 5.11. The second kappa shape index (κ2) is 12.1. The summed E-state index contributed by atoms with van der Waals surface area (Å²) in [7, 11) is 0. The molecule has 0 N–H and O–H groups in total. The molecule has 1 heterocycles. The highest BCUT2D eigenvalue weighted by atomic mass is 19.4. The van der Waals surface area contributed by atoms with Crippen LogP contribution in [-0.4, -0.2) is 13.2 Å². The Morgan fingerprint density at radius 2 is 1.61 bits per heavy atom. The van der Waals surface area contributed by atoms with E-state index in [1.165, 1.54) is 50.7 Å². The number of rotatable bonds is 6. The van der Waals surface area contributed by atoms with Crippen LogP contribution in [0.1, 0.15) is 96.3 Å². The molecule has 1 aromatic carbocycles. The topological polar surface area (TPSA) is 18.5 Å². The van der Waals surface area contributed by atoms with Crippen molar-refractivity contribution < 1.29 is 27.0 Å². The molecule has 0 amide bonds. The van der Waals surface area contributed by atoms with Crippen molar-refractivity contribution in [1.82, 2.24) is 0 Å². The molecule has 1 saturated carbocycles. The Labute approximate surface area is 184 Å². The van der Waals surface area contributed by atoms with Crippen LogP contribution in [0.5, 0.6) is 5.75 Å². The summed E-state index contributed by atoms with van der Waals surface area (Å²) < 4.78 is 66.0. The maximum Gasteiger partial charge on any atom is 0.422 e. The Morgan fingerprint density at radius 3 is 2.13 bits per heavy atom. The first-order valence-corrected chi connectivity index (χ1v) is 12.0. The van der Waals surface area contributed by atoms with Crippen molar-refractivity contribution in [2.75, 3.05) is 13.2 Å². The molecule has 2 nitrogen and oxygen atoms in total. The van der Waals surface area contributed by atoms with E-state index < -0.39 is 29.4 Å². The van der Waals surface area contributed by atoms with Gasteiger partial charge in [-0.15, -0.1) is 0 Å². The lowest BCUT2D eigenvalue weighted by Crippen LogP contribution is -2.30. The van der Waals surface area contributed by atoms with Gasteiger partial charge >= 0.3 is 6.18 Å². The Kier molecular flexibility index (Phi) is 10.1. The predicted octanol–water partition coefficient (Wildman–Crippen LogP) is 8.34. The van der Waals surface area contributed by atoms with E-state index in [0.29, 0.717) is 24.9 Å². The summed E-state index contributed by atoms with van der Waals surface area (Å²) in [6.45, 7) is 8.35. The second-order valence-electron chi connectivity index (χ2n) is 8.50. The largest absolute Gasteiger partial charge is 0.493 e. The van der Waals surface area contributed by atoms with Gasteiger partial charge in [0.2, 0.25) is 0 Å². The zero-order chi connectivity index (χ0) is 23.0. The van der Waals surface area contributed by atoms with E-state index in [1.54, 1.807) is 6.92 Å². The standard InChI is InChI=1S/C23H32F4O2.C2H6/c1-3-5-15-6-8-16(9-7-15)17-10-12-19(29-14-17)18-11-13-20(28-4-2)21(22(18)24)23(25,26)27;1-2/h11,13,15-17,19H,3-10,12,14H2,1-2H3;1-2H3. The first-order valence-electron chi connectivity index (χ1n) is 12.0. The van der Waals surface area contributed by atoms with Crippen LogP contribution in [0.25, 0.3) is 0 Å². The third-order valence-electron chi connectivity index (χ3n) is 6.63. The molecular formula is C25H38F4O2. The molecule has 0 radical (unpaired) electrons. The molecule has 178 valence electrons. The van der Waals surface area contributed by atoms with Crippen LogP contribution in [0.15, 0.2) is 12.1 Å². The molecule has 2 aliphatic rings. The van der Waals surface area contributed by atoms with E-state index in [2.05, 4.69) is 6.92 Å². The van der Waals surface area contributed by atoms with Gasteiger partial charge in [-0.05, 0) is 62.5 Å². The fraction of sp³-hybridized carbons (Fsp3) is 0.760. The number of benzene rings is 1. The van der Waals surface area contributed by atoms with Gasteiger partial charge in [-0.25, -0.2) is 4.39 Å². The number of alkyl halides is 3. The average molecular weight is 447 g/mol. The Morgan fingerprint density at radius 1 is 0.968 bits per heavy atom. The van der Waals surface area contributed by atoms with Crippen molar-refractivity contribution in [2.24, 2.45) is 17.8 Å². The van der Waals surface area contributed by atoms with E-state index in [0.717, 1.165) is 12.3 Å². The zero-order valence-electron chi connectivity index (χ0n) is 19.4. The summed E-state index contributed by atoms with van der Waals surface area (Å²) in [5, 5.41) is 0. The quantitative estimate of drug-likeness (QED) is 0.409. The number of ether oxygens (including phenoxy) is 2. The molecule has 2 atom stereocenters. The van der Waals surface area contributed by atoms with Crippen LogP contribution in [0.4, 0.5) is 17.6 Å². The molecule has 0 aromatic heterocycles. The highest BCUT2D eigenvalue weighted by Crippen LogP contribution is 2.45. The lowest BCUT2D eigenvalue weighted by molar-refractivity contribution is -0.141. The van der Waals surface area contributed by atoms with Gasteiger partial charge in [0, 0.05) is 5.56 Å². The van der Waals surface area contributed by atoms with Crippen molar-refractivity contribution in [1.29, 1.82) is 0 Å². The fourth-order valence-corrected chi connectivity index (χ4v) is 5.11. The maximum atomic E-state index is 14.8. The predicted molar refractivity (Wildman–Crippen MR) is 116 cm³/mol. The summed E-state index contributed by atoms with van der Waals surface area (Å²) in [6, 6.07) is 2.60. The zero-order valence-corrected chi connectivity index (χ0v) is 19.4. The monoisotopic (exact) mass is 446 g/mol. The first-order chi connectivity index (χ1) is 14.8. The maximum absolute atomic E-state index is 14.8. The molecule has 6 heteroatoms. The van der Waals surface area contributed by atoms with Gasteiger partial charge in [0.25, 0.3) is 0 Å². The van der Waals surface area contributed by atoms with Crippen LogP contribution in [0, 0.1) is 23.6 Å². The van der Waals surface area contributed by atoms with Crippen molar-refractivity contribution in [2.45, 2.75) is 91.3 Å². The van der Waals surface area contributed by atoms with Crippen LogP contribution >= 0.6 is 0 Å². The highest BCUT2D eigenvalue weighted by Gasteiger charge is 2.41. The molecule has 1 saturated heterocycles. The molecule has 1 aliphatic carbocycles. The van der Waals surface area contributed by atoms with E-state index in [-0.39, 0.29) is 12.2 Å². The van der Waals surface area contributed by atoms with E-state index in [4.69, 9.17) is 9.47 Å². The molecule has 31 heavy (non-hydrogen) atoms. The summed E-state index contributed by atoms with van der Waals surface area (Å²) in [5.74, 6) is 0.180. The smallest absolute Gasteiger partial charge is 0.422 e. The van der Waals surface area contributed by atoms with Crippen molar-refractivity contribution in [3.63, 3.8) is 0 Å². The molecule has 1 aromatic rings. The minimum absolute atomic E-state index is 0.00844. The van der Waals surface area contributed by atoms with Crippen molar-refractivity contribution in [3.05, 3.63) is 29.1 Å². The Hall–Kier alpha value is -1.30. The summed E-state index contributed by atoms with van der Waals surface area (Å²) >= 11 is 0. The Bertz CT molecular complexity index is 658. The van der Waals surface area contributed by atoms with Crippen LogP contribution in [0.3, 0.4) is 0 Å². The molecule has 2 unspecified atom stereocenters. The average Bonchev–Trinajstić information content (AvgIpc) is 2.76. The normalized spacial score (nSPS) is 26.7. The highest BCUT2D eigenvalue weighted by molar-refractivity contribution is 5.42. The molecule has 1 aliphatic heterocycles. The van der Waals surface area contributed by atoms with Gasteiger partial charge in [-0.3, -0.25) is 0 Å². The van der Waals surface area contributed by atoms with Gasteiger partial charge in [0.15, 0.2) is 0 Å². The molecule has 3 rings (SSSR count). The Balaban J connectivity index is 0.00000166. The van der Waals surface area contributed by atoms with Crippen LogP contribution < -0.4 is 4.74 Å². The molecular weight excluding hydrogens is 408 g/mol. The van der Waals surface area contributed by atoms with Crippen LogP contribution in [0.2, 0.25) is 0 Å². The molecule has 0 spiro atoms. The number of hydrogen-bond donors (Lipinski definition) is 0. The van der Waals surface area contributed by atoms with E-state index >= 15 is 0 Å². The van der Waals surface area contributed by atoms with Crippen molar-refractivity contribution >= 4 is 0 Å². The summed E-state index contributed by atoms with van der Waals surface area (Å²) in [6.07, 6.45) is 3.48. The van der Waals surface area contributed by atoms with Gasteiger partial charge in [-0.1, -0.05) is 46.5 Å². The van der Waals surface area contributed by atoms with E-state index in [9.17, 15) is 17.6 Å². The van der Waals surface area contributed by atoms with Crippen molar-refractivity contribution in [3.8, 4) is 5.75 Å². The van der Waals surface area contributed by atoms with Gasteiger partial charge in [0.05, 0.1) is 19.3 Å². The summed E-state index contributed by atoms with van der Waals surface area (Å²) in [4.78, 5) is 0. The number of halogens is 4. The first kappa shape index (κ1) is 26.0. The minimum Gasteiger partial charge on any atom is -0.493 e. The lowest BCUT2D eigenvalue weighted by Gasteiger charge is -2.38. The minimum atomic E-state index is -4.81. The SMILES string of the molecule is CC.CCCC1CCC(C2CCC(c3ccc(OCC)c(C(F)(F)F)c3F)OC2)CC1. The van der Waals surface area contributed by atoms with Gasteiger partial charge in [0.1, 0.15) is 17.1 Å². The van der Waals surface area contributed by atoms with Gasteiger partial charge < -0.3 is 9.47 Å². The third kappa shape index (κ3) is 6.59. The van der Waals surface area contributed by atoms with Gasteiger partial charge in [-0.2, -0.15) is 13.2 Å². The second-order valence-corrected chi connectivity index (χ2v) is 8.50. The van der Waals surface area contributed by atoms with E-state index in [1.807, 2.05) is 13.8 Å². The third-order valence-corrected chi connectivity index (χ3v) is 6.63. The molecule has 2 fully saturated rings. The lowest BCUT2D eigenvalue weighted by atomic mass is 9.73. The summed E-state index contributed by atoms with van der Waals surface area (Å²) in [5.41, 5.74) is -1.33. The van der Waals surface area contributed by atoms with Crippen LogP contribution in [-0.2, 0) is 10.9 Å². The number of hydrogen-bond acceptors (Lipinski definition) is 2. The molecule has 0 bridgehead atoms.